The molecule has 1 aromatic carbocycles. The van der Waals surface area contributed by atoms with E-state index >= 15 is 0 Å². The largest absolute Gasteiger partial charge is 0.479 e. The van der Waals surface area contributed by atoms with Gasteiger partial charge in [-0.15, -0.1) is 0 Å². The van der Waals surface area contributed by atoms with Crippen LogP contribution in [-0.2, 0) is 19.6 Å². The van der Waals surface area contributed by atoms with Crippen molar-refractivity contribution in [3.05, 3.63) is 17.7 Å². The zero-order chi connectivity index (χ0) is 21.2. The summed E-state index contributed by atoms with van der Waals surface area (Å²) in [4.78, 5) is 24.2. The molecule has 0 saturated heterocycles. The summed E-state index contributed by atoms with van der Waals surface area (Å²) in [6.07, 6.45) is 5.70. The molecule has 9 heteroatoms. The maximum Gasteiger partial charge on any atom is 0.265 e. The lowest BCUT2D eigenvalue weighted by Crippen LogP contribution is -2.42. The predicted molar refractivity (Wildman–Crippen MR) is 109 cm³/mol. The number of hydrogen-bond acceptors (Lipinski definition) is 5. The first-order valence-electron chi connectivity index (χ1n) is 10.1. The monoisotopic (exact) mass is 423 g/mol. The summed E-state index contributed by atoms with van der Waals surface area (Å²) in [7, 11) is -2.50. The van der Waals surface area contributed by atoms with Gasteiger partial charge in [-0.3, -0.25) is 9.59 Å². The number of benzene rings is 1. The molecule has 2 aliphatic rings. The van der Waals surface area contributed by atoms with Gasteiger partial charge < -0.3 is 15.4 Å². The van der Waals surface area contributed by atoms with Gasteiger partial charge in [0.1, 0.15) is 5.75 Å². The van der Waals surface area contributed by atoms with Crippen LogP contribution in [0.1, 0.15) is 51.0 Å². The molecule has 0 radical (unpaired) electrons. The summed E-state index contributed by atoms with van der Waals surface area (Å²) in [6, 6.07) is 3.10. The van der Waals surface area contributed by atoms with Crippen LogP contribution in [0.2, 0.25) is 0 Å². The highest BCUT2D eigenvalue weighted by Crippen LogP contribution is 2.35. The third-order valence-electron chi connectivity index (χ3n) is 5.48. The molecule has 1 fully saturated rings. The van der Waals surface area contributed by atoms with E-state index in [-0.39, 0.29) is 29.3 Å². The fraction of sp³-hybridized carbons (Fsp3) is 0.600. The van der Waals surface area contributed by atoms with Crippen LogP contribution in [0.5, 0.6) is 5.75 Å². The van der Waals surface area contributed by atoms with E-state index < -0.39 is 16.1 Å². The van der Waals surface area contributed by atoms with E-state index in [0.29, 0.717) is 17.0 Å². The number of nitrogens with zero attached hydrogens (tertiary/aromatic N) is 1. The molecular formula is C20H29N3O5S. The van der Waals surface area contributed by atoms with Gasteiger partial charge in [-0.25, -0.2) is 8.42 Å². The predicted octanol–water partition coefficient (Wildman–Crippen LogP) is 2.17. The molecule has 0 spiro atoms. The standard InChI is InChI=1S/C20H29N3O5S/c1-13-10-16-17(28-14(2)20(25)22-16)11-18(13)29(26,27)23(3)12-19(24)21-15-8-6-4-5-7-9-15/h10-11,14-15H,4-9,12H2,1-3H3,(H,21,24)(H,22,25). The number of sulfonamides is 1. The maximum absolute atomic E-state index is 13.1. The lowest BCUT2D eigenvalue weighted by Gasteiger charge is -2.26. The summed E-state index contributed by atoms with van der Waals surface area (Å²) < 4.78 is 32.7. The van der Waals surface area contributed by atoms with Gasteiger partial charge >= 0.3 is 0 Å². The molecule has 1 aliphatic heterocycles. The molecule has 2 amide bonds. The summed E-state index contributed by atoms with van der Waals surface area (Å²) in [5.74, 6) is -0.270. The lowest BCUT2D eigenvalue weighted by atomic mass is 10.1. The van der Waals surface area contributed by atoms with E-state index in [9.17, 15) is 18.0 Å². The Hall–Kier alpha value is -2.13. The Bertz CT molecular complexity index is 892. The van der Waals surface area contributed by atoms with Crippen molar-refractivity contribution in [2.45, 2.75) is 69.4 Å². The van der Waals surface area contributed by atoms with Gasteiger partial charge in [0.15, 0.2) is 6.10 Å². The molecule has 1 unspecified atom stereocenters. The molecule has 0 aromatic heterocycles. The summed E-state index contributed by atoms with van der Waals surface area (Å²) in [6.45, 7) is 3.00. The first kappa shape index (κ1) is 21.6. The first-order chi connectivity index (χ1) is 13.7. The molecule has 1 atom stereocenters. The quantitative estimate of drug-likeness (QED) is 0.707. The second-order valence-electron chi connectivity index (χ2n) is 7.88. The van der Waals surface area contributed by atoms with Crippen molar-refractivity contribution in [3.8, 4) is 5.75 Å². The molecule has 1 saturated carbocycles. The molecule has 3 rings (SSSR count). The number of rotatable bonds is 5. The van der Waals surface area contributed by atoms with E-state index in [0.717, 1.165) is 30.0 Å². The molecule has 8 nitrogen and oxygen atoms in total. The summed E-state index contributed by atoms with van der Waals surface area (Å²) in [5.41, 5.74) is 0.913. The topological polar surface area (TPSA) is 105 Å². The summed E-state index contributed by atoms with van der Waals surface area (Å²) >= 11 is 0. The van der Waals surface area contributed by atoms with Crippen molar-refractivity contribution in [3.63, 3.8) is 0 Å². The number of likely N-dealkylation sites (N-methyl/N-ethyl adjacent to an activating group) is 1. The number of ether oxygens (including phenoxy) is 1. The minimum atomic E-state index is -3.90. The molecule has 1 heterocycles. The van der Waals surface area contributed by atoms with Crippen molar-refractivity contribution in [1.29, 1.82) is 0 Å². The fourth-order valence-electron chi connectivity index (χ4n) is 3.77. The van der Waals surface area contributed by atoms with Crippen molar-refractivity contribution < 1.29 is 22.7 Å². The Labute approximate surface area is 172 Å². The van der Waals surface area contributed by atoms with Crippen LogP contribution in [-0.4, -0.2) is 50.3 Å². The number of aryl methyl sites for hydroxylation is 1. The number of anilines is 1. The molecular weight excluding hydrogens is 394 g/mol. The van der Waals surface area contributed by atoms with Crippen LogP contribution in [0.25, 0.3) is 0 Å². The van der Waals surface area contributed by atoms with E-state index in [1.54, 1.807) is 19.9 Å². The van der Waals surface area contributed by atoms with Crippen LogP contribution in [0, 0.1) is 6.92 Å². The maximum atomic E-state index is 13.1. The molecule has 1 aliphatic carbocycles. The Morgan fingerprint density at radius 3 is 2.55 bits per heavy atom. The van der Waals surface area contributed by atoms with Gasteiger partial charge in [-0.05, 0) is 38.3 Å². The third-order valence-corrected chi connectivity index (χ3v) is 7.43. The highest BCUT2D eigenvalue weighted by atomic mass is 32.2. The lowest BCUT2D eigenvalue weighted by molar-refractivity contribution is -0.123. The number of amides is 2. The third kappa shape index (κ3) is 4.90. The molecule has 2 N–H and O–H groups in total. The number of hydrogen-bond donors (Lipinski definition) is 2. The first-order valence-corrected chi connectivity index (χ1v) is 11.5. The Balaban J connectivity index is 1.73. The number of carbonyl (C=O) groups is 2. The number of nitrogens with one attached hydrogen (secondary N) is 2. The van der Waals surface area contributed by atoms with Crippen molar-refractivity contribution in [2.75, 3.05) is 18.9 Å². The van der Waals surface area contributed by atoms with Crippen LogP contribution in [0.3, 0.4) is 0 Å². The van der Waals surface area contributed by atoms with Gasteiger partial charge in [0.2, 0.25) is 15.9 Å². The van der Waals surface area contributed by atoms with Crippen molar-refractivity contribution in [2.24, 2.45) is 0 Å². The average molecular weight is 424 g/mol. The smallest absolute Gasteiger partial charge is 0.265 e. The second-order valence-corrected chi connectivity index (χ2v) is 9.89. The minimum absolute atomic E-state index is 0.0596. The van der Waals surface area contributed by atoms with E-state index in [1.807, 2.05) is 0 Å². The van der Waals surface area contributed by atoms with Crippen LogP contribution in [0.15, 0.2) is 17.0 Å². The van der Waals surface area contributed by atoms with Crippen LogP contribution < -0.4 is 15.4 Å². The second kappa shape index (κ2) is 8.71. The minimum Gasteiger partial charge on any atom is -0.479 e. The normalized spacial score (nSPS) is 20.4. The highest BCUT2D eigenvalue weighted by molar-refractivity contribution is 7.89. The molecule has 29 heavy (non-hydrogen) atoms. The number of carbonyl (C=O) groups excluding carboxylic acids is 2. The zero-order valence-corrected chi connectivity index (χ0v) is 18.0. The molecule has 160 valence electrons. The van der Waals surface area contributed by atoms with Gasteiger partial charge in [0.25, 0.3) is 5.91 Å². The molecule has 1 aromatic rings. The van der Waals surface area contributed by atoms with E-state index in [2.05, 4.69) is 10.6 Å². The van der Waals surface area contributed by atoms with Gasteiger partial charge in [-0.2, -0.15) is 4.31 Å². The van der Waals surface area contributed by atoms with Gasteiger partial charge in [0.05, 0.1) is 17.1 Å². The van der Waals surface area contributed by atoms with Crippen LogP contribution >= 0.6 is 0 Å². The highest BCUT2D eigenvalue weighted by Gasteiger charge is 2.30. The average Bonchev–Trinajstić information content (AvgIpc) is 2.91. The van der Waals surface area contributed by atoms with Crippen LogP contribution in [0.4, 0.5) is 5.69 Å². The zero-order valence-electron chi connectivity index (χ0n) is 17.2. The van der Waals surface area contributed by atoms with Gasteiger partial charge in [-0.1, -0.05) is 25.7 Å². The Morgan fingerprint density at radius 2 is 1.90 bits per heavy atom. The van der Waals surface area contributed by atoms with Crippen molar-refractivity contribution >= 4 is 27.5 Å². The van der Waals surface area contributed by atoms with E-state index in [1.165, 1.54) is 26.0 Å². The Morgan fingerprint density at radius 1 is 1.24 bits per heavy atom. The van der Waals surface area contributed by atoms with Gasteiger partial charge in [0, 0.05) is 19.2 Å². The summed E-state index contributed by atoms with van der Waals surface area (Å²) in [5, 5.41) is 5.68. The molecule has 0 bridgehead atoms. The number of fused-ring (bicyclic) bond motifs is 1. The SMILES string of the molecule is Cc1cc2c(cc1S(=O)(=O)N(C)CC(=O)NC1CCCCCC1)OC(C)C(=O)N2. The van der Waals surface area contributed by atoms with E-state index in [4.69, 9.17) is 4.74 Å². The fourth-order valence-corrected chi connectivity index (χ4v) is 5.12. The van der Waals surface area contributed by atoms with Crippen molar-refractivity contribution in [1.82, 2.24) is 9.62 Å². The Kier molecular flexibility index (Phi) is 6.48.